The molecule has 1 aliphatic heterocycles. The van der Waals surface area contributed by atoms with Crippen molar-refractivity contribution in [2.75, 3.05) is 0 Å². The lowest BCUT2D eigenvalue weighted by Gasteiger charge is -2.14. The van der Waals surface area contributed by atoms with Gasteiger partial charge in [0, 0.05) is 16.1 Å². The van der Waals surface area contributed by atoms with E-state index < -0.39 is 0 Å². The average molecular weight is 367 g/mol. The molecule has 2 aliphatic rings. The maximum Gasteiger partial charge on any atom is 0.0381 e. The summed E-state index contributed by atoms with van der Waals surface area (Å²) in [5.41, 5.74) is 8.23. The van der Waals surface area contributed by atoms with Crippen molar-refractivity contribution in [3.8, 4) is 11.1 Å². The number of fused-ring (bicyclic) bond motifs is 3. The molecule has 0 N–H and O–H groups in total. The smallest absolute Gasteiger partial charge is 0.0381 e. The zero-order valence-electron chi connectivity index (χ0n) is 15.4. The zero-order chi connectivity index (χ0) is 18.2. The Bertz CT molecular complexity index is 1040. The Morgan fingerprint density at radius 2 is 1.63 bits per heavy atom. The second-order valence-electron chi connectivity index (χ2n) is 7.46. The molecule has 0 aromatic heterocycles. The minimum Gasteiger partial charge on any atom is -0.117 e. The van der Waals surface area contributed by atoms with Gasteiger partial charge in [0.2, 0.25) is 0 Å². The maximum absolute atomic E-state index is 2.35. The Hall–Kier alpha value is -2.51. The summed E-state index contributed by atoms with van der Waals surface area (Å²) in [6.45, 7) is 2.15. The minimum absolute atomic E-state index is 0.524. The molecule has 2 atom stereocenters. The molecular formula is C26H22S. The van der Waals surface area contributed by atoms with Gasteiger partial charge in [-0.05, 0) is 41.2 Å². The lowest BCUT2D eigenvalue weighted by molar-refractivity contribution is 0.881. The van der Waals surface area contributed by atoms with Crippen LogP contribution in [-0.2, 0) is 6.42 Å². The van der Waals surface area contributed by atoms with Gasteiger partial charge < -0.3 is 0 Å². The number of hydrogen-bond acceptors (Lipinski definition) is 1. The van der Waals surface area contributed by atoms with Crippen molar-refractivity contribution in [3.05, 3.63) is 113 Å². The van der Waals surface area contributed by atoms with Crippen LogP contribution < -0.4 is 0 Å². The van der Waals surface area contributed by atoms with Gasteiger partial charge in [-0.3, -0.25) is 0 Å². The summed E-state index contributed by atoms with van der Waals surface area (Å²) in [5, 5.41) is 0.548. The lowest BCUT2D eigenvalue weighted by Crippen LogP contribution is -2.06. The zero-order valence-corrected chi connectivity index (χ0v) is 16.2. The van der Waals surface area contributed by atoms with Crippen LogP contribution >= 0.6 is 11.8 Å². The van der Waals surface area contributed by atoms with E-state index in [-0.39, 0.29) is 0 Å². The van der Waals surface area contributed by atoms with E-state index in [0.717, 1.165) is 6.42 Å². The molecule has 0 saturated heterocycles. The molecule has 3 aromatic rings. The van der Waals surface area contributed by atoms with E-state index in [1.54, 1.807) is 0 Å². The summed E-state index contributed by atoms with van der Waals surface area (Å²) in [4.78, 5) is 1.45. The first-order chi connectivity index (χ1) is 13.3. The highest BCUT2D eigenvalue weighted by Gasteiger charge is 2.32. The molecule has 0 spiro atoms. The molecule has 1 heterocycles. The third-order valence-electron chi connectivity index (χ3n) is 5.50. The molecule has 1 aliphatic carbocycles. The topological polar surface area (TPSA) is 0 Å². The van der Waals surface area contributed by atoms with Crippen LogP contribution in [0.5, 0.6) is 0 Å². The monoisotopic (exact) mass is 366 g/mol. The predicted octanol–water partition coefficient (Wildman–Crippen LogP) is 6.94. The second kappa shape index (κ2) is 6.90. The SMILES string of the molecule is Cc1cccc(Cc2ccc(-c3cccc4c3SC3C=CC=CC43)cc2)c1. The van der Waals surface area contributed by atoms with Crippen LogP contribution in [0.3, 0.4) is 0 Å². The minimum atomic E-state index is 0.524. The van der Waals surface area contributed by atoms with Crippen molar-refractivity contribution < 1.29 is 0 Å². The standard InChI is InChI=1S/C26H22S/c1-18-6-4-7-20(16-18)17-19-12-14-21(15-13-19)22-9-5-10-24-23-8-2-3-11-25(23)27-26(22)24/h2-16,23,25H,17H2,1H3. The quantitative estimate of drug-likeness (QED) is 0.484. The van der Waals surface area contributed by atoms with E-state index in [1.807, 2.05) is 11.8 Å². The Labute approximate surface area is 165 Å². The van der Waals surface area contributed by atoms with Crippen molar-refractivity contribution in [2.24, 2.45) is 0 Å². The third kappa shape index (κ3) is 3.17. The van der Waals surface area contributed by atoms with Crippen molar-refractivity contribution in [2.45, 2.75) is 29.4 Å². The molecule has 0 saturated carbocycles. The largest absolute Gasteiger partial charge is 0.117 e. The van der Waals surface area contributed by atoms with Crippen LogP contribution in [-0.4, -0.2) is 5.25 Å². The summed E-state index contributed by atoms with van der Waals surface area (Å²) in [6.07, 6.45) is 10.0. The van der Waals surface area contributed by atoms with Gasteiger partial charge in [0.15, 0.2) is 0 Å². The van der Waals surface area contributed by atoms with Crippen LogP contribution in [0.15, 0.2) is 95.9 Å². The molecule has 0 amide bonds. The number of benzene rings is 3. The maximum atomic E-state index is 2.35. The molecule has 5 rings (SSSR count). The van der Waals surface area contributed by atoms with E-state index >= 15 is 0 Å². The summed E-state index contributed by atoms with van der Waals surface area (Å²) in [7, 11) is 0. The van der Waals surface area contributed by atoms with E-state index in [2.05, 4.69) is 98.0 Å². The number of thioether (sulfide) groups is 1. The highest BCUT2D eigenvalue weighted by atomic mass is 32.2. The van der Waals surface area contributed by atoms with E-state index in [4.69, 9.17) is 0 Å². The molecule has 27 heavy (non-hydrogen) atoms. The average Bonchev–Trinajstić information content (AvgIpc) is 3.08. The molecule has 1 heteroatoms. The molecule has 0 radical (unpaired) electrons. The van der Waals surface area contributed by atoms with Gasteiger partial charge in [0.1, 0.15) is 0 Å². The van der Waals surface area contributed by atoms with Gasteiger partial charge in [0.25, 0.3) is 0 Å². The third-order valence-corrected chi connectivity index (χ3v) is 6.91. The molecule has 2 unspecified atom stereocenters. The Morgan fingerprint density at radius 1 is 0.815 bits per heavy atom. The summed E-state index contributed by atoms with van der Waals surface area (Å²) in [5.74, 6) is 0.524. The predicted molar refractivity (Wildman–Crippen MR) is 117 cm³/mol. The molecule has 3 aromatic carbocycles. The van der Waals surface area contributed by atoms with Gasteiger partial charge in [0.05, 0.1) is 0 Å². The Kier molecular flexibility index (Phi) is 4.26. The van der Waals surface area contributed by atoms with Crippen LogP contribution in [0.25, 0.3) is 11.1 Å². The summed E-state index contributed by atoms with van der Waals surface area (Å²) >= 11 is 2.01. The van der Waals surface area contributed by atoms with Crippen LogP contribution in [0, 0.1) is 6.92 Å². The van der Waals surface area contributed by atoms with Gasteiger partial charge >= 0.3 is 0 Å². The van der Waals surface area contributed by atoms with Crippen molar-refractivity contribution in [1.82, 2.24) is 0 Å². The van der Waals surface area contributed by atoms with Crippen molar-refractivity contribution in [3.63, 3.8) is 0 Å². The first-order valence-corrected chi connectivity index (χ1v) is 10.5. The number of rotatable bonds is 3. The van der Waals surface area contributed by atoms with Gasteiger partial charge in [-0.25, -0.2) is 0 Å². The highest BCUT2D eigenvalue weighted by molar-refractivity contribution is 8.00. The first kappa shape index (κ1) is 16.6. The molecule has 0 bridgehead atoms. The Balaban J connectivity index is 1.44. The van der Waals surface area contributed by atoms with E-state index in [1.165, 1.54) is 38.3 Å². The molecule has 0 fully saturated rings. The normalized spacial score (nSPS) is 19.7. The van der Waals surface area contributed by atoms with Gasteiger partial charge in [-0.15, -0.1) is 11.8 Å². The fourth-order valence-corrected chi connectivity index (χ4v) is 5.63. The lowest BCUT2D eigenvalue weighted by atomic mass is 9.90. The summed E-state index contributed by atoms with van der Waals surface area (Å²) < 4.78 is 0. The fraction of sp³-hybridized carbons (Fsp3) is 0.154. The molecular weight excluding hydrogens is 344 g/mol. The number of aryl methyl sites for hydroxylation is 1. The highest BCUT2D eigenvalue weighted by Crippen LogP contribution is 2.51. The molecule has 132 valence electrons. The van der Waals surface area contributed by atoms with Crippen LogP contribution in [0.4, 0.5) is 0 Å². The summed E-state index contributed by atoms with van der Waals surface area (Å²) in [6, 6.07) is 24.7. The Morgan fingerprint density at radius 3 is 2.48 bits per heavy atom. The van der Waals surface area contributed by atoms with Crippen LogP contribution in [0.2, 0.25) is 0 Å². The molecule has 0 nitrogen and oxygen atoms in total. The van der Waals surface area contributed by atoms with Gasteiger partial charge in [-0.1, -0.05) is 96.6 Å². The van der Waals surface area contributed by atoms with Crippen molar-refractivity contribution in [1.29, 1.82) is 0 Å². The van der Waals surface area contributed by atoms with E-state index in [9.17, 15) is 0 Å². The number of hydrogen-bond donors (Lipinski definition) is 0. The second-order valence-corrected chi connectivity index (χ2v) is 8.65. The van der Waals surface area contributed by atoms with Gasteiger partial charge in [-0.2, -0.15) is 0 Å². The van der Waals surface area contributed by atoms with Crippen LogP contribution in [0.1, 0.15) is 28.2 Å². The number of allylic oxidation sites excluding steroid dienone is 3. The first-order valence-electron chi connectivity index (χ1n) is 9.57. The van der Waals surface area contributed by atoms with E-state index in [0.29, 0.717) is 11.2 Å². The van der Waals surface area contributed by atoms with Crippen molar-refractivity contribution >= 4 is 11.8 Å². The fourth-order valence-electron chi connectivity index (χ4n) is 4.15.